The predicted molar refractivity (Wildman–Crippen MR) is 75.3 cm³/mol. The largest absolute Gasteiger partial charge is 0.368 e. The van der Waals surface area contributed by atoms with Crippen LogP contribution in [-0.4, -0.2) is 42.5 Å². The molecule has 0 saturated carbocycles. The minimum atomic E-state index is -0.559. The summed E-state index contributed by atoms with van der Waals surface area (Å²) in [6, 6.07) is 0. The molecule has 0 aromatic carbocycles. The first-order chi connectivity index (χ1) is 8.51. The molecule has 106 valence electrons. The zero-order valence-electron chi connectivity index (χ0n) is 12.2. The summed E-state index contributed by atoms with van der Waals surface area (Å²) in [5, 5.41) is 3.22. The summed E-state index contributed by atoms with van der Waals surface area (Å²) in [5.74, 6) is 0.658. The van der Waals surface area contributed by atoms with E-state index in [2.05, 4.69) is 17.1 Å². The highest BCUT2D eigenvalue weighted by atomic mass is 16.1. The first kappa shape index (κ1) is 15.4. The van der Waals surface area contributed by atoms with E-state index in [4.69, 9.17) is 5.73 Å². The summed E-state index contributed by atoms with van der Waals surface area (Å²) in [4.78, 5) is 14.0. The smallest absolute Gasteiger partial charge is 0.237 e. The van der Waals surface area contributed by atoms with Gasteiger partial charge in [-0.1, -0.05) is 20.3 Å². The van der Waals surface area contributed by atoms with E-state index in [-0.39, 0.29) is 5.91 Å². The third-order valence-corrected chi connectivity index (χ3v) is 4.32. The van der Waals surface area contributed by atoms with Crippen molar-refractivity contribution in [1.82, 2.24) is 10.2 Å². The van der Waals surface area contributed by atoms with Gasteiger partial charge in [0.15, 0.2) is 0 Å². The maximum absolute atomic E-state index is 11.5. The van der Waals surface area contributed by atoms with Crippen molar-refractivity contribution in [3.63, 3.8) is 0 Å². The second-order valence-electron chi connectivity index (χ2n) is 5.67. The minimum absolute atomic E-state index is 0.243. The van der Waals surface area contributed by atoms with Crippen molar-refractivity contribution in [2.24, 2.45) is 11.7 Å². The van der Waals surface area contributed by atoms with Crippen molar-refractivity contribution in [3.05, 3.63) is 0 Å². The molecule has 1 aliphatic heterocycles. The molecule has 1 saturated heterocycles. The molecule has 0 aromatic heterocycles. The number of nitrogens with zero attached hydrogens (tertiary/aromatic N) is 1. The summed E-state index contributed by atoms with van der Waals surface area (Å²) >= 11 is 0. The number of carbonyl (C=O) groups is 1. The van der Waals surface area contributed by atoms with Crippen LogP contribution < -0.4 is 11.1 Å². The van der Waals surface area contributed by atoms with E-state index in [0.717, 1.165) is 25.4 Å². The van der Waals surface area contributed by atoms with Crippen molar-refractivity contribution in [2.75, 3.05) is 26.2 Å². The monoisotopic (exact) mass is 255 g/mol. The average Bonchev–Trinajstić information content (AvgIpc) is 2.37. The molecule has 1 rings (SSSR count). The topological polar surface area (TPSA) is 58.4 Å². The Kier molecular flexibility index (Phi) is 6.09. The third-order valence-electron chi connectivity index (χ3n) is 4.32. The van der Waals surface area contributed by atoms with Crippen molar-refractivity contribution in [2.45, 2.75) is 52.0 Å². The third kappa shape index (κ3) is 4.25. The van der Waals surface area contributed by atoms with E-state index in [0.29, 0.717) is 0 Å². The maximum atomic E-state index is 11.5. The number of primary amides is 1. The summed E-state index contributed by atoms with van der Waals surface area (Å²) in [5.41, 5.74) is 4.94. The number of piperidine rings is 1. The Morgan fingerprint density at radius 2 is 2.00 bits per heavy atom. The van der Waals surface area contributed by atoms with Crippen LogP contribution in [0.5, 0.6) is 0 Å². The van der Waals surface area contributed by atoms with E-state index in [1.54, 1.807) is 0 Å². The van der Waals surface area contributed by atoms with Crippen LogP contribution in [0.3, 0.4) is 0 Å². The highest BCUT2D eigenvalue weighted by Crippen LogP contribution is 2.21. The maximum Gasteiger partial charge on any atom is 0.237 e. The fourth-order valence-corrected chi connectivity index (χ4v) is 2.69. The van der Waals surface area contributed by atoms with E-state index >= 15 is 0 Å². The number of hydrogen-bond donors (Lipinski definition) is 2. The number of likely N-dealkylation sites (tertiary alicyclic amines) is 1. The molecule has 0 radical (unpaired) electrons. The molecule has 4 nitrogen and oxygen atoms in total. The molecule has 1 atom stereocenters. The lowest BCUT2D eigenvalue weighted by molar-refractivity contribution is -0.124. The number of hydrogen-bond acceptors (Lipinski definition) is 3. The van der Waals surface area contributed by atoms with Gasteiger partial charge in [0.1, 0.15) is 0 Å². The van der Waals surface area contributed by atoms with Gasteiger partial charge in [0.05, 0.1) is 5.54 Å². The lowest BCUT2D eigenvalue weighted by Crippen LogP contribution is -2.54. The molecule has 4 heteroatoms. The number of likely N-dealkylation sites (N-methyl/N-ethyl adjacent to an activating group) is 1. The fraction of sp³-hybridized carbons (Fsp3) is 0.929. The number of amides is 1. The van der Waals surface area contributed by atoms with Gasteiger partial charge in [-0.15, -0.1) is 0 Å². The molecule has 3 N–H and O–H groups in total. The Morgan fingerprint density at radius 3 is 2.44 bits per heavy atom. The lowest BCUT2D eigenvalue weighted by Gasteiger charge is -2.34. The number of rotatable bonds is 7. The van der Waals surface area contributed by atoms with Crippen LogP contribution in [0.4, 0.5) is 0 Å². The second-order valence-corrected chi connectivity index (χ2v) is 5.67. The van der Waals surface area contributed by atoms with Gasteiger partial charge >= 0.3 is 0 Å². The molecular weight excluding hydrogens is 226 g/mol. The normalized spacial score (nSPS) is 21.7. The van der Waals surface area contributed by atoms with E-state index in [9.17, 15) is 4.79 Å². The molecule has 1 aliphatic rings. The highest BCUT2D eigenvalue weighted by molar-refractivity contribution is 5.84. The Balaban J connectivity index is 2.37. The number of nitrogens with one attached hydrogen (secondary N) is 1. The average molecular weight is 255 g/mol. The molecule has 1 unspecified atom stereocenters. The number of carbonyl (C=O) groups excluding carboxylic acids is 1. The summed E-state index contributed by atoms with van der Waals surface area (Å²) < 4.78 is 0. The quantitative estimate of drug-likeness (QED) is 0.722. The van der Waals surface area contributed by atoms with Crippen molar-refractivity contribution >= 4 is 5.91 Å². The molecule has 0 bridgehead atoms. The minimum Gasteiger partial charge on any atom is -0.368 e. The Bertz CT molecular complexity index is 262. The van der Waals surface area contributed by atoms with Gasteiger partial charge in [0.25, 0.3) is 0 Å². The molecule has 18 heavy (non-hydrogen) atoms. The van der Waals surface area contributed by atoms with Crippen LogP contribution in [-0.2, 0) is 4.79 Å². The predicted octanol–water partition coefficient (Wildman–Crippen LogP) is 1.35. The second kappa shape index (κ2) is 7.10. The molecular formula is C14H29N3O. The Morgan fingerprint density at radius 1 is 1.39 bits per heavy atom. The molecule has 0 spiro atoms. The summed E-state index contributed by atoms with van der Waals surface area (Å²) in [7, 11) is 0. The zero-order chi connectivity index (χ0) is 13.6. The van der Waals surface area contributed by atoms with Gasteiger partial charge in [-0.3, -0.25) is 4.79 Å². The van der Waals surface area contributed by atoms with E-state index < -0.39 is 5.54 Å². The van der Waals surface area contributed by atoms with Crippen LogP contribution in [0.2, 0.25) is 0 Å². The zero-order valence-corrected chi connectivity index (χ0v) is 12.2. The highest BCUT2D eigenvalue weighted by Gasteiger charge is 2.30. The van der Waals surface area contributed by atoms with Crippen molar-refractivity contribution < 1.29 is 4.79 Å². The van der Waals surface area contributed by atoms with Crippen LogP contribution >= 0.6 is 0 Å². The standard InChI is InChI=1S/C14H29N3O/c1-4-12-6-9-17(10-7-12)11-8-14(3,13(15)18)16-5-2/h12,16H,4-11H2,1-3H3,(H2,15,18). The fourth-order valence-electron chi connectivity index (χ4n) is 2.69. The first-order valence-corrected chi connectivity index (χ1v) is 7.29. The van der Waals surface area contributed by atoms with Gasteiger partial charge in [0, 0.05) is 6.54 Å². The molecule has 1 heterocycles. The van der Waals surface area contributed by atoms with Gasteiger partial charge < -0.3 is 16.0 Å². The van der Waals surface area contributed by atoms with Crippen LogP contribution in [0, 0.1) is 5.92 Å². The van der Waals surface area contributed by atoms with Crippen LogP contribution in [0.25, 0.3) is 0 Å². The summed E-state index contributed by atoms with van der Waals surface area (Å²) in [6.45, 7) is 10.3. The van der Waals surface area contributed by atoms with Crippen molar-refractivity contribution in [3.8, 4) is 0 Å². The number of nitrogens with two attached hydrogens (primary N) is 1. The van der Waals surface area contributed by atoms with Gasteiger partial charge in [0.2, 0.25) is 5.91 Å². The Hall–Kier alpha value is -0.610. The van der Waals surface area contributed by atoms with E-state index in [1.165, 1.54) is 32.4 Å². The first-order valence-electron chi connectivity index (χ1n) is 7.29. The molecule has 1 fully saturated rings. The van der Waals surface area contributed by atoms with Gasteiger partial charge in [-0.05, 0) is 51.7 Å². The van der Waals surface area contributed by atoms with Crippen molar-refractivity contribution in [1.29, 1.82) is 0 Å². The Labute approximate surface area is 111 Å². The van der Waals surface area contributed by atoms with Crippen LogP contribution in [0.1, 0.15) is 46.5 Å². The molecule has 1 amide bonds. The summed E-state index contributed by atoms with van der Waals surface area (Å²) in [6.07, 6.45) is 4.69. The van der Waals surface area contributed by atoms with Gasteiger partial charge in [-0.25, -0.2) is 0 Å². The molecule has 0 aliphatic carbocycles. The SMILES string of the molecule is CCNC(C)(CCN1CCC(CC)CC1)C(N)=O. The van der Waals surface area contributed by atoms with E-state index in [1.807, 2.05) is 13.8 Å². The lowest BCUT2D eigenvalue weighted by atomic mass is 9.92. The molecule has 0 aromatic rings. The van der Waals surface area contributed by atoms with Gasteiger partial charge in [-0.2, -0.15) is 0 Å². The van der Waals surface area contributed by atoms with Crippen LogP contribution in [0.15, 0.2) is 0 Å².